The molecule has 0 aliphatic heterocycles. The number of benzene rings is 1. The van der Waals surface area contributed by atoms with Gasteiger partial charge in [0, 0.05) is 12.6 Å². The normalized spacial score (nSPS) is 10.2. The van der Waals surface area contributed by atoms with Gasteiger partial charge in [0.1, 0.15) is 5.75 Å². The highest BCUT2D eigenvalue weighted by molar-refractivity contribution is 5.71. The van der Waals surface area contributed by atoms with E-state index in [0.29, 0.717) is 12.4 Å². The van der Waals surface area contributed by atoms with Crippen LogP contribution in [0.5, 0.6) is 11.8 Å². The molecule has 0 atom stereocenters. The minimum absolute atomic E-state index is 0.128. The second-order valence-electron chi connectivity index (χ2n) is 4.17. The van der Waals surface area contributed by atoms with Gasteiger partial charge in [-0.3, -0.25) is 0 Å². The van der Waals surface area contributed by atoms with Crippen molar-refractivity contribution in [3.05, 3.63) is 24.3 Å². The zero-order valence-corrected chi connectivity index (χ0v) is 12.2. The molecule has 0 fully saturated rings. The lowest BCUT2D eigenvalue weighted by Gasteiger charge is -2.02. The van der Waals surface area contributed by atoms with Gasteiger partial charge in [-0.25, -0.2) is 9.48 Å². The summed E-state index contributed by atoms with van der Waals surface area (Å²) in [6, 6.07) is 7.57. The number of aryl methyl sites for hydroxylation is 1. The van der Waals surface area contributed by atoms with Crippen LogP contribution in [-0.2, 0) is 16.6 Å². The van der Waals surface area contributed by atoms with Crippen LogP contribution < -0.4 is 9.47 Å². The summed E-state index contributed by atoms with van der Waals surface area (Å²) < 4.78 is 16.7. The summed E-state index contributed by atoms with van der Waals surface area (Å²) >= 11 is 0. The Morgan fingerprint density at radius 3 is 2.90 bits per heavy atom. The van der Waals surface area contributed by atoms with Crippen LogP contribution in [0.2, 0.25) is 0 Å². The average Bonchev–Trinajstić information content (AvgIpc) is 2.87. The van der Waals surface area contributed by atoms with E-state index in [4.69, 9.17) is 14.2 Å². The summed E-state index contributed by atoms with van der Waals surface area (Å²) in [7, 11) is 3.35. The third-order valence-electron chi connectivity index (χ3n) is 2.70. The summed E-state index contributed by atoms with van der Waals surface area (Å²) in [5, 5.41) is 4.11. The van der Waals surface area contributed by atoms with Gasteiger partial charge in [-0.1, -0.05) is 12.1 Å². The third-order valence-corrected chi connectivity index (χ3v) is 2.70. The largest absolute Gasteiger partial charge is 0.497 e. The van der Waals surface area contributed by atoms with Crippen molar-refractivity contribution in [1.82, 2.24) is 14.8 Å². The Morgan fingerprint density at radius 1 is 1.38 bits per heavy atom. The Bertz CT molecular complexity index is 624. The van der Waals surface area contributed by atoms with Gasteiger partial charge in [0.2, 0.25) is 0 Å². The number of aromatic nitrogens is 3. The third kappa shape index (κ3) is 3.71. The predicted molar refractivity (Wildman–Crippen MR) is 75.1 cm³/mol. The van der Waals surface area contributed by atoms with Crippen molar-refractivity contribution in [2.75, 3.05) is 20.3 Å². The van der Waals surface area contributed by atoms with Crippen molar-refractivity contribution in [1.29, 1.82) is 0 Å². The lowest BCUT2D eigenvalue weighted by atomic mass is 10.2. The average molecular weight is 291 g/mol. The number of hydrogen-bond acceptors (Lipinski definition) is 6. The summed E-state index contributed by atoms with van der Waals surface area (Å²) in [5.74, 6) is 0.894. The Kier molecular flexibility index (Phi) is 4.76. The minimum atomic E-state index is -0.451. The molecule has 1 aromatic carbocycles. The molecule has 0 radical (unpaired) electrons. The Labute approximate surface area is 122 Å². The number of esters is 1. The first kappa shape index (κ1) is 14.8. The fourth-order valence-corrected chi connectivity index (χ4v) is 1.76. The Balaban J connectivity index is 2.13. The van der Waals surface area contributed by atoms with Crippen molar-refractivity contribution in [3.8, 4) is 23.1 Å². The van der Waals surface area contributed by atoms with Crippen LogP contribution in [0.15, 0.2) is 24.3 Å². The van der Waals surface area contributed by atoms with Crippen molar-refractivity contribution in [3.63, 3.8) is 0 Å². The zero-order valence-electron chi connectivity index (χ0n) is 12.2. The second kappa shape index (κ2) is 6.74. The molecule has 7 heteroatoms. The Hall–Kier alpha value is -2.57. The van der Waals surface area contributed by atoms with Crippen LogP contribution in [0.1, 0.15) is 6.92 Å². The van der Waals surface area contributed by atoms with Crippen molar-refractivity contribution in [2.24, 2.45) is 7.05 Å². The molecular formula is C14H17N3O4. The fourth-order valence-electron chi connectivity index (χ4n) is 1.76. The standard InChI is InChI=1S/C14H17N3O4/c1-4-20-12(18)9-21-14-15-13(17(2)16-14)10-6-5-7-11(8-10)19-3/h5-8H,4,9H2,1-3H3. The number of hydrogen-bond donors (Lipinski definition) is 0. The number of rotatable bonds is 6. The molecule has 0 aliphatic rings. The van der Waals surface area contributed by atoms with Gasteiger partial charge in [-0.2, -0.15) is 4.98 Å². The van der Waals surface area contributed by atoms with Crippen LogP contribution in [0.4, 0.5) is 0 Å². The number of carbonyl (C=O) groups excluding carboxylic acids is 1. The van der Waals surface area contributed by atoms with Crippen LogP contribution in [0.3, 0.4) is 0 Å². The molecule has 1 aromatic heterocycles. The summed E-state index contributed by atoms with van der Waals surface area (Å²) in [6.07, 6.45) is 0. The first-order chi connectivity index (χ1) is 10.1. The van der Waals surface area contributed by atoms with Gasteiger partial charge in [0.25, 0.3) is 0 Å². The van der Waals surface area contributed by atoms with Crippen LogP contribution in [-0.4, -0.2) is 41.1 Å². The molecule has 2 rings (SSSR count). The minimum Gasteiger partial charge on any atom is -0.497 e. The fraction of sp³-hybridized carbons (Fsp3) is 0.357. The molecule has 0 unspecified atom stereocenters. The smallest absolute Gasteiger partial charge is 0.344 e. The first-order valence-corrected chi connectivity index (χ1v) is 6.48. The van der Waals surface area contributed by atoms with E-state index < -0.39 is 5.97 Å². The SMILES string of the molecule is CCOC(=O)COc1nc(-c2cccc(OC)c2)n(C)n1. The van der Waals surface area contributed by atoms with E-state index in [9.17, 15) is 4.79 Å². The number of nitrogens with zero attached hydrogens (tertiary/aromatic N) is 3. The van der Waals surface area contributed by atoms with Gasteiger partial charge >= 0.3 is 12.0 Å². The van der Waals surface area contributed by atoms with Gasteiger partial charge in [0.15, 0.2) is 12.4 Å². The van der Waals surface area contributed by atoms with E-state index in [1.165, 1.54) is 0 Å². The van der Waals surface area contributed by atoms with E-state index >= 15 is 0 Å². The number of methoxy groups -OCH3 is 1. The zero-order chi connectivity index (χ0) is 15.2. The van der Waals surface area contributed by atoms with Gasteiger partial charge < -0.3 is 14.2 Å². The van der Waals surface area contributed by atoms with Crippen LogP contribution >= 0.6 is 0 Å². The molecular weight excluding hydrogens is 274 g/mol. The van der Waals surface area contributed by atoms with Crippen LogP contribution in [0, 0.1) is 0 Å². The monoisotopic (exact) mass is 291 g/mol. The van der Waals surface area contributed by atoms with Crippen molar-refractivity contribution < 1.29 is 19.0 Å². The van der Waals surface area contributed by atoms with Gasteiger partial charge in [-0.15, -0.1) is 5.10 Å². The molecule has 0 saturated carbocycles. The quantitative estimate of drug-likeness (QED) is 0.749. The second-order valence-corrected chi connectivity index (χ2v) is 4.17. The van der Waals surface area contributed by atoms with E-state index in [1.807, 2.05) is 24.3 Å². The number of ether oxygens (including phenoxy) is 3. The van der Waals surface area contributed by atoms with E-state index in [2.05, 4.69) is 10.1 Å². The molecule has 0 spiro atoms. The molecule has 1 heterocycles. The van der Waals surface area contributed by atoms with E-state index in [-0.39, 0.29) is 12.6 Å². The molecule has 0 aliphatic carbocycles. The highest BCUT2D eigenvalue weighted by Gasteiger charge is 2.12. The molecule has 7 nitrogen and oxygen atoms in total. The molecule has 21 heavy (non-hydrogen) atoms. The lowest BCUT2D eigenvalue weighted by molar-refractivity contribution is -0.145. The maximum absolute atomic E-state index is 11.2. The number of carbonyl (C=O) groups is 1. The first-order valence-electron chi connectivity index (χ1n) is 6.48. The molecule has 0 amide bonds. The predicted octanol–water partition coefficient (Wildman–Crippen LogP) is 1.43. The molecule has 2 aromatic rings. The summed E-state index contributed by atoms with van der Waals surface area (Å²) in [6.45, 7) is 1.83. The molecule has 0 bridgehead atoms. The van der Waals surface area contributed by atoms with Gasteiger partial charge in [-0.05, 0) is 19.1 Å². The molecule has 0 saturated heterocycles. The van der Waals surface area contributed by atoms with E-state index in [1.54, 1.807) is 25.8 Å². The lowest BCUT2D eigenvalue weighted by Crippen LogP contribution is -2.15. The van der Waals surface area contributed by atoms with Crippen molar-refractivity contribution in [2.45, 2.75) is 6.92 Å². The van der Waals surface area contributed by atoms with Crippen molar-refractivity contribution >= 4 is 5.97 Å². The highest BCUT2D eigenvalue weighted by Crippen LogP contribution is 2.23. The van der Waals surface area contributed by atoms with Gasteiger partial charge in [0.05, 0.1) is 13.7 Å². The van der Waals surface area contributed by atoms with Crippen LogP contribution in [0.25, 0.3) is 11.4 Å². The summed E-state index contributed by atoms with van der Waals surface area (Å²) in [5.41, 5.74) is 0.843. The topological polar surface area (TPSA) is 75.5 Å². The maximum Gasteiger partial charge on any atom is 0.344 e. The Morgan fingerprint density at radius 2 is 2.19 bits per heavy atom. The summed E-state index contributed by atoms with van der Waals surface area (Å²) in [4.78, 5) is 15.5. The highest BCUT2D eigenvalue weighted by atomic mass is 16.6. The van der Waals surface area contributed by atoms with E-state index in [0.717, 1.165) is 11.3 Å². The maximum atomic E-state index is 11.2. The molecule has 112 valence electrons. The molecule has 0 N–H and O–H groups in total.